The first-order chi connectivity index (χ1) is 12.7. The highest BCUT2D eigenvalue weighted by Crippen LogP contribution is 2.26. The lowest BCUT2D eigenvalue weighted by molar-refractivity contribution is -0.142. The van der Waals surface area contributed by atoms with Gasteiger partial charge >= 0.3 is 0 Å². The molecule has 0 bridgehead atoms. The van der Waals surface area contributed by atoms with Crippen LogP contribution in [0.5, 0.6) is 5.75 Å². The molecule has 1 fully saturated rings. The number of hydrogen-bond donors (Lipinski definition) is 1. The first-order valence-corrected chi connectivity index (χ1v) is 9.16. The van der Waals surface area contributed by atoms with E-state index in [9.17, 15) is 9.90 Å². The molecule has 0 saturated carbocycles. The molecule has 136 valence electrons. The van der Waals surface area contributed by atoms with Gasteiger partial charge in [0.05, 0.1) is 19.3 Å². The van der Waals surface area contributed by atoms with Crippen molar-refractivity contribution in [1.82, 2.24) is 9.80 Å². The number of rotatable bonds is 3. The van der Waals surface area contributed by atoms with Crippen LogP contribution < -0.4 is 0 Å². The summed E-state index contributed by atoms with van der Waals surface area (Å²) in [5.74, 6) is 0.459. The van der Waals surface area contributed by atoms with E-state index < -0.39 is 0 Å². The van der Waals surface area contributed by atoms with E-state index in [1.54, 1.807) is 12.1 Å². The second-order valence-electron chi connectivity index (χ2n) is 7.00. The van der Waals surface area contributed by atoms with Crippen molar-refractivity contribution >= 4 is 5.91 Å². The first kappa shape index (κ1) is 17.1. The molecule has 1 saturated heterocycles. The number of amides is 1. The molecule has 1 amide bonds. The van der Waals surface area contributed by atoms with Crippen molar-refractivity contribution < 1.29 is 14.6 Å². The Hall–Kier alpha value is -2.37. The van der Waals surface area contributed by atoms with E-state index in [-0.39, 0.29) is 17.7 Å². The van der Waals surface area contributed by atoms with Gasteiger partial charge in [0.1, 0.15) is 5.75 Å². The summed E-state index contributed by atoms with van der Waals surface area (Å²) in [5, 5.41) is 9.52. The molecule has 0 aromatic heterocycles. The zero-order valence-electron chi connectivity index (χ0n) is 14.8. The molecule has 1 atom stereocenters. The van der Waals surface area contributed by atoms with E-state index in [2.05, 4.69) is 23.1 Å². The van der Waals surface area contributed by atoms with Gasteiger partial charge in [0.25, 0.3) is 0 Å². The highest BCUT2D eigenvalue weighted by molar-refractivity contribution is 5.82. The molecule has 2 aliphatic rings. The van der Waals surface area contributed by atoms with Gasteiger partial charge in [-0.1, -0.05) is 36.4 Å². The Labute approximate surface area is 153 Å². The fourth-order valence-electron chi connectivity index (χ4n) is 3.82. The number of phenols is 1. The number of nitrogens with zero attached hydrogens (tertiary/aromatic N) is 2. The lowest BCUT2D eigenvalue weighted by Crippen LogP contribution is -2.53. The summed E-state index contributed by atoms with van der Waals surface area (Å²) in [6, 6.07) is 15.5. The minimum absolute atomic E-state index is 0.156. The van der Waals surface area contributed by atoms with Crippen LogP contribution in [0.1, 0.15) is 16.7 Å². The third-order valence-corrected chi connectivity index (χ3v) is 5.28. The molecular formula is C21H24N2O3. The number of carbonyl (C=O) groups excluding carboxylic acids is 1. The van der Waals surface area contributed by atoms with Crippen LogP contribution in [0.2, 0.25) is 0 Å². The van der Waals surface area contributed by atoms with Gasteiger partial charge in [-0.25, -0.2) is 0 Å². The Bertz CT molecular complexity index is 769. The Morgan fingerprint density at radius 3 is 2.46 bits per heavy atom. The second-order valence-corrected chi connectivity index (χ2v) is 7.00. The van der Waals surface area contributed by atoms with Gasteiger partial charge in [-0.05, 0) is 35.2 Å². The smallest absolute Gasteiger partial charge is 0.240 e. The van der Waals surface area contributed by atoms with Crippen LogP contribution >= 0.6 is 0 Å². The molecule has 0 radical (unpaired) electrons. The van der Waals surface area contributed by atoms with E-state index in [0.29, 0.717) is 32.8 Å². The number of fused-ring (bicyclic) bond motifs is 1. The predicted octanol–water partition coefficient (Wildman–Crippen LogP) is 2.18. The predicted molar refractivity (Wildman–Crippen MR) is 98.7 cm³/mol. The van der Waals surface area contributed by atoms with E-state index >= 15 is 0 Å². The van der Waals surface area contributed by atoms with Crippen LogP contribution in [0, 0.1) is 0 Å². The normalized spacial score (nSPS) is 20.6. The summed E-state index contributed by atoms with van der Waals surface area (Å²) in [4.78, 5) is 17.4. The van der Waals surface area contributed by atoms with Crippen LogP contribution in [-0.2, 0) is 29.0 Å². The van der Waals surface area contributed by atoms with Gasteiger partial charge < -0.3 is 14.7 Å². The van der Waals surface area contributed by atoms with Gasteiger partial charge in [0.2, 0.25) is 5.91 Å². The number of benzene rings is 2. The molecule has 26 heavy (non-hydrogen) atoms. The maximum atomic E-state index is 13.2. The van der Waals surface area contributed by atoms with Crippen molar-refractivity contribution in [2.24, 2.45) is 0 Å². The zero-order chi connectivity index (χ0) is 17.9. The first-order valence-electron chi connectivity index (χ1n) is 9.16. The van der Waals surface area contributed by atoms with Gasteiger partial charge in [0, 0.05) is 26.2 Å². The highest BCUT2D eigenvalue weighted by atomic mass is 16.5. The molecule has 4 rings (SSSR count). The van der Waals surface area contributed by atoms with Crippen LogP contribution in [0.3, 0.4) is 0 Å². The van der Waals surface area contributed by atoms with Gasteiger partial charge in [-0.3, -0.25) is 9.69 Å². The maximum absolute atomic E-state index is 13.2. The van der Waals surface area contributed by atoms with Crippen LogP contribution in [0.15, 0.2) is 48.5 Å². The lowest BCUT2D eigenvalue weighted by atomic mass is 9.92. The van der Waals surface area contributed by atoms with E-state index in [4.69, 9.17) is 4.74 Å². The molecule has 1 N–H and O–H groups in total. The average molecular weight is 352 g/mol. The monoisotopic (exact) mass is 352 g/mol. The molecule has 0 spiro atoms. The summed E-state index contributed by atoms with van der Waals surface area (Å²) in [5.41, 5.74) is 3.65. The summed E-state index contributed by atoms with van der Waals surface area (Å²) < 4.78 is 5.40. The van der Waals surface area contributed by atoms with Crippen molar-refractivity contribution in [3.05, 3.63) is 65.2 Å². The number of ether oxygens (including phenoxy) is 1. The molecule has 2 aliphatic heterocycles. The average Bonchev–Trinajstić information content (AvgIpc) is 2.69. The van der Waals surface area contributed by atoms with Gasteiger partial charge in [0.15, 0.2) is 0 Å². The second kappa shape index (κ2) is 7.48. The number of phenolic OH excluding ortho intramolecular Hbond substituents is 1. The fraction of sp³-hybridized carbons (Fsp3) is 0.381. The fourth-order valence-corrected chi connectivity index (χ4v) is 3.82. The minimum Gasteiger partial charge on any atom is -0.508 e. The topological polar surface area (TPSA) is 53.0 Å². The molecular weight excluding hydrogens is 328 g/mol. The van der Waals surface area contributed by atoms with Crippen molar-refractivity contribution in [2.45, 2.75) is 25.6 Å². The Morgan fingerprint density at radius 2 is 1.73 bits per heavy atom. The molecule has 5 heteroatoms. The van der Waals surface area contributed by atoms with Crippen LogP contribution in [-0.4, -0.2) is 53.2 Å². The van der Waals surface area contributed by atoms with Crippen molar-refractivity contribution in [3.63, 3.8) is 0 Å². The Balaban J connectivity index is 1.59. The Morgan fingerprint density at radius 1 is 1.04 bits per heavy atom. The quantitative estimate of drug-likeness (QED) is 0.920. The summed E-state index contributed by atoms with van der Waals surface area (Å²) in [7, 11) is 0. The largest absolute Gasteiger partial charge is 0.508 e. The SMILES string of the molecule is O=C(C1Cc2ccccc2CN1Cc1ccc(O)cc1)N1CCOCC1. The van der Waals surface area contributed by atoms with Crippen molar-refractivity contribution in [2.75, 3.05) is 26.3 Å². The van der Waals surface area contributed by atoms with E-state index in [1.807, 2.05) is 23.1 Å². The molecule has 5 nitrogen and oxygen atoms in total. The van der Waals surface area contributed by atoms with Crippen molar-refractivity contribution in [3.8, 4) is 5.75 Å². The molecule has 1 unspecified atom stereocenters. The third-order valence-electron chi connectivity index (χ3n) is 5.28. The molecule has 2 heterocycles. The number of hydrogen-bond acceptors (Lipinski definition) is 4. The summed E-state index contributed by atoms with van der Waals surface area (Å²) >= 11 is 0. The van der Waals surface area contributed by atoms with E-state index in [0.717, 1.165) is 18.5 Å². The highest BCUT2D eigenvalue weighted by Gasteiger charge is 2.34. The van der Waals surface area contributed by atoms with Gasteiger partial charge in [-0.15, -0.1) is 0 Å². The standard InChI is InChI=1S/C21H24N2O3/c24-19-7-5-16(6-8-19)14-23-15-18-4-2-1-3-17(18)13-20(23)21(25)22-9-11-26-12-10-22/h1-8,20,24H,9-15H2. The third kappa shape index (κ3) is 3.59. The minimum atomic E-state index is -0.156. The number of aromatic hydroxyl groups is 1. The number of carbonyl (C=O) groups is 1. The summed E-state index contributed by atoms with van der Waals surface area (Å²) in [6.07, 6.45) is 0.741. The molecule has 2 aromatic carbocycles. The van der Waals surface area contributed by atoms with Crippen molar-refractivity contribution in [1.29, 1.82) is 0 Å². The zero-order valence-corrected chi connectivity index (χ0v) is 14.8. The van der Waals surface area contributed by atoms with Gasteiger partial charge in [-0.2, -0.15) is 0 Å². The lowest BCUT2D eigenvalue weighted by Gasteiger charge is -2.39. The molecule has 2 aromatic rings. The van der Waals surface area contributed by atoms with Crippen LogP contribution in [0.4, 0.5) is 0 Å². The Kier molecular flexibility index (Phi) is 4.91. The van der Waals surface area contributed by atoms with Crippen LogP contribution in [0.25, 0.3) is 0 Å². The number of morpholine rings is 1. The molecule has 0 aliphatic carbocycles. The van der Waals surface area contributed by atoms with E-state index in [1.165, 1.54) is 11.1 Å². The maximum Gasteiger partial charge on any atom is 0.240 e. The summed E-state index contributed by atoms with van der Waals surface area (Å²) in [6.45, 7) is 4.03.